The predicted molar refractivity (Wildman–Crippen MR) is 61.7 cm³/mol. The summed E-state index contributed by atoms with van der Waals surface area (Å²) in [6.07, 6.45) is 0.806. The van der Waals surface area contributed by atoms with Crippen LogP contribution in [0.2, 0.25) is 0 Å². The number of hydrogen-bond donors (Lipinski definition) is 1. The summed E-state index contributed by atoms with van der Waals surface area (Å²) in [7, 11) is 0. The monoisotopic (exact) mass is 249 g/mol. The minimum absolute atomic E-state index is 0.239. The van der Waals surface area contributed by atoms with E-state index in [1.54, 1.807) is 0 Å². The second-order valence-electron chi connectivity index (χ2n) is 5.59. The lowest BCUT2D eigenvalue weighted by molar-refractivity contribution is -0.186. The Kier molecular flexibility index (Phi) is 4.01. The molecule has 3 unspecified atom stereocenters. The van der Waals surface area contributed by atoms with Crippen molar-refractivity contribution in [2.24, 2.45) is 17.8 Å². The first-order valence-corrected chi connectivity index (χ1v) is 6.82. The summed E-state index contributed by atoms with van der Waals surface area (Å²) in [4.78, 5) is 0. The van der Waals surface area contributed by atoms with Gasteiger partial charge in [0.2, 0.25) is 0 Å². The first kappa shape index (κ1) is 13.2. The maximum Gasteiger partial charge on any atom is 0.391 e. The Hall–Kier alpha value is -0.250. The molecule has 2 aliphatic carbocycles. The highest BCUT2D eigenvalue weighted by atomic mass is 19.4. The number of alkyl halides is 3. The largest absolute Gasteiger partial charge is 0.391 e. The van der Waals surface area contributed by atoms with Gasteiger partial charge in [-0.05, 0) is 50.5 Å². The van der Waals surface area contributed by atoms with Crippen LogP contribution in [-0.4, -0.2) is 18.8 Å². The standard InChI is InChI=1S/C13H22F3N/c1-2-17-12(9-6-7-9)10-4-3-5-11(8-10)13(14,15)16/h9-12,17H,2-8H2,1H3. The molecular weight excluding hydrogens is 227 g/mol. The third-order valence-corrected chi connectivity index (χ3v) is 4.26. The summed E-state index contributed by atoms with van der Waals surface area (Å²) in [6, 6.07) is 0.338. The molecule has 1 N–H and O–H groups in total. The van der Waals surface area contributed by atoms with Crippen LogP contribution in [0, 0.1) is 17.8 Å². The maximum absolute atomic E-state index is 12.8. The third-order valence-electron chi connectivity index (χ3n) is 4.26. The van der Waals surface area contributed by atoms with Crippen molar-refractivity contribution in [3.63, 3.8) is 0 Å². The molecule has 0 aromatic carbocycles. The second kappa shape index (κ2) is 5.17. The Labute approximate surface area is 101 Å². The molecule has 4 heteroatoms. The lowest BCUT2D eigenvalue weighted by Gasteiger charge is -2.36. The third kappa shape index (κ3) is 3.36. The summed E-state index contributed by atoms with van der Waals surface area (Å²) >= 11 is 0. The molecule has 1 nitrogen and oxygen atoms in total. The van der Waals surface area contributed by atoms with Gasteiger partial charge in [-0.1, -0.05) is 13.3 Å². The first-order chi connectivity index (χ1) is 8.02. The van der Waals surface area contributed by atoms with Crippen molar-refractivity contribution in [3.8, 4) is 0 Å². The van der Waals surface area contributed by atoms with Gasteiger partial charge < -0.3 is 5.32 Å². The van der Waals surface area contributed by atoms with E-state index in [1.165, 1.54) is 12.8 Å². The molecule has 0 radical (unpaired) electrons. The Morgan fingerprint density at radius 3 is 2.35 bits per heavy atom. The fourth-order valence-corrected chi connectivity index (χ4v) is 3.26. The molecule has 2 aliphatic rings. The molecular formula is C13H22F3N. The highest BCUT2D eigenvalue weighted by Gasteiger charge is 2.45. The Bertz CT molecular complexity index is 248. The summed E-state index contributed by atoms with van der Waals surface area (Å²) in [5.74, 6) is -0.170. The average molecular weight is 249 g/mol. The van der Waals surface area contributed by atoms with E-state index in [1.807, 2.05) is 6.92 Å². The number of hydrogen-bond acceptors (Lipinski definition) is 1. The highest BCUT2D eigenvalue weighted by Crippen LogP contribution is 2.45. The molecule has 3 atom stereocenters. The van der Waals surface area contributed by atoms with Crippen molar-refractivity contribution in [2.45, 2.75) is 57.7 Å². The SMILES string of the molecule is CCNC(C1CC1)C1CCCC(C(F)(F)F)C1. The Morgan fingerprint density at radius 1 is 1.12 bits per heavy atom. The first-order valence-electron chi connectivity index (χ1n) is 6.82. The van der Waals surface area contributed by atoms with Crippen LogP contribution in [0.5, 0.6) is 0 Å². The van der Waals surface area contributed by atoms with Gasteiger partial charge in [0.25, 0.3) is 0 Å². The van der Waals surface area contributed by atoms with Crippen LogP contribution in [0.25, 0.3) is 0 Å². The zero-order valence-corrected chi connectivity index (χ0v) is 10.4. The van der Waals surface area contributed by atoms with Crippen LogP contribution in [0.4, 0.5) is 13.2 Å². The normalized spacial score (nSPS) is 32.5. The van der Waals surface area contributed by atoms with Crippen molar-refractivity contribution in [1.29, 1.82) is 0 Å². The molecule has 0 aromatic heterocycles. The second-order valence-corrected chi connectivity index (χ2v) is 5.59. The van der Waals surface area contributed by atoms with Crippen LogP contribution < -0.4 is 5.32 Å². The summed E-state index contributed by atoms with van der Waals surface area (Å²) in [6.45, 7) is 2.91. The maximum atomic E-state index is 12.8. The molecule has 100 valence electrons. The zero-order valence-electron chi connectivity index (χ0n) is 10.4. The molecule has 2 saturated carbocycles. The smallest absolute Gasteiger partial charge is 0.314 e. The van der Waals surface area contributed by atoms with Crippen molar-refractivity contribution in [2.75, 3.05) is 6.54 Å². The zero-order chi connectivity index (χ0) is 12.5. The van der Waals surface area contributed by atoms with Gasteiger partial charge in [-0.25, -0.2) is 0 Å². The molecule has 0 aromatic rings. The van der Waals surface area contributed by atoms with Gasteiger partial charge >= 0.3 is 6.18 Å². The van der Waals surface area contributed by atoms with Gasteiger partial charge in [-0.3, -0.25) is 0 Å². The summed E-state index contributed by atoms with van der Waals surface area (Å²) in [5.41, 5.74) is 0. The van der Waals surface area contributed by atoms with Crippen molar-refractivity contribution in [3.05, 3.63) is 0 Å². The van der Waals surface area contributed by atoms with Crippen molar-refractivity contribution in [1.82, 2.24) is 5.32 Å². The van der Waals surface area contributed by atoms with Gasteiger partial charge in [-0.15, -0.1) is 0 Å². The molecule has 0 aliphatic heterocycles. The topological polar surface area (TPSA) is 12.0 Å². The lowest BCUT2D eigenvalue weighted by Crippen LogP contribution is -2.42. The van der Waals surface area contributed by atoms with Crippen LogP contribution in [0.1, 0.15) is 45.4 Å². The fourth-order valence-electron chi connectivity index (χ4n) is 3.26. The Morgan fingerprint density at radius 2 is 1.82 bits per heavy atom. The van der Waals surface area contributed by atoms with Crippen LogP contribution in [0.15, 0.2) is 0 Å². The van der Waals surface area contributed by atoms with Gasteiger partial charge in [0.15, 0.2) is 0 Å². The van der Waals surface area contributed by atoms with Crippen molar-refractivity contribution < 1.29 is 13.2 Å². The Balaban J connectivity index is 1.95. The van der Waals surface area contributed by atoms with Crippen LogP contribution in [-0.2, 0) is 0 Å². The minimum Gasteiger partial charge on any atom is -0.314 e. The highest BCUT2D eigenvalue weighted by molar-refractivity contribution is 4.93. The minimum atomic E-state index is -3.99. The van der Waals surface area contributed by atoms with E-state index in [9.17, 15) is 13.2 Å². The molecule has 0 spiro atoms. The van der Waals surface area contributed by atoms with Crippen molar-refractivity contribution >= 4 is 0 Å². The fraction of sp³-hybridized carbons (Fsp3) is 1.00. The molecule has 0 amide bonds. The number of halogens is 3. The quantitative estimate of drug-likeness (QED) is 0.800. The van der Waals surface area contributed by atoms with E-state index < -0.39 is 12.1 Å². The molecule has 2 fully saturated rings. The molecule has 17 heavy (non-hydrogen) atoms. The van der Waals surface area contributed by atoms with E-state index in [2.05, 4.69) is 5.32 Å². The van der Waals surface area contributed by atoms with Gasteiger partial charge in [0.05, 0.1) is 5.92 Å². The molecule has 0 saturated heterocycles. The van der Waals surface area contributed by atoms with E-state index in [-0.39, 0.29) is 5.92 Å². The van der Waals surface area contributed by atoms with E-state index in [0.29, 0.717) is 24.8 Å². The average Bonchev–Trinajstić information content (AvgIpc) is 3.09. The van der Waals surface area contributed by atoms with E-state index >= 15 is 0 Å². The van der Waals surface area contributed by atoms with E-state index in [4.69, 9.17) is 0 Å². The molecule has 0 heterocycles. The van der Waals surface area contributed by atoms with Crippen LogP contribution >= 0.6 is 0 Å². The van der Waals surface area contributed by atoms with Gasteiger partial charge in [0.1, 0.15) is 0 Å². The molecule has 2 rings (SSSR count). The van der Waals surface area contributed by atoms with E-state index in [0.717, 1.165) is 19.4 Å². The molecule has 0 bridgehead atoms. The summed E-state index contributed by atoms with van der Waals surface area (Å²) < 4.78 is 38.3. The predicted octanol–water partition coefficient (Wildman–Crippen LogP) is 3.74. The number of rotatable bonds is 4. The van der Waals surface area contributed by atoms with Crippen LogP contribution in [0.3, 0.4) is 0 Å². The number of nitrogens with one attached hydrogen (secondary N) is 1. The van der Waals surface area contributed by atoms with Gasteiger partial charge in [-0.2, -0.15) is 13.2 Å². The lowest BCUT2D eigenvalue weighted by atomic mass is 9.76. The summed E-state index contributed by atoms with van der Waals surface area (Å²) in [5, 5.41) is 3.42. The van der Waals surface area contributed by atoms with Gasteiger partial charge in [0, 0.05) is 6.04 Å².